The lowest BCUT2D eigenvalue weighted by Gasteiger charge is -2.30. The molecule has 2 aromatic rings. The molecule has 2 rings (SSSR count). The Morgan fingerprint density at radius 2 is 1.74 bits per heavy atom. The Labute approximate surface area is 190 Å². The number of aryl methyl sites for hydroxylation is 1. The van der Waals surface area contributed by atoms with Crippen molar-refractivity contribution in [2.24, 2.45) is 0 Å². The molecule has 0 bridgehead atoms. The van der Waals surface area contributed by atoms with Gasteiger partial charge in [-0.1, -0.05) is 31.5 Å². The number of nitrogens with zero attached hydrogens (tertiary/aromatic N) is 1. The molecule has 2 atom stereocenters. The molecule has 0 aliphatic rings. The Balaban J connectivity index is 2.33. The summed E-state index contributed by atoms with van der Waals surface area (Å²) in [6.45, 7) is 9.56. The molecule has 0 spiro atoms. The normalized spacial score (nSPS) is 13.6. The number of anilines is 1. The molecule has 8 heteroatoms. The van der Waals surface area contributed by atoms with Gasteiger partial charge in [-0.05, 0) is 73.7 Å². The van der Waals surface area contributed by atoms with E-state index in [1.807, 2.05) is 26.0 Å². The first kappa shape index (κ1) is 25.0. The van der Waals surface area contributed by atoms with E-state index in [0.29, 0.717) is 10.7 Å². The maximum atomic E-state index is 13.1. The van der Waals surface area contributed by atoms with Crippen LogP contribution in [0, 0.1) is 6.92 Å². The van der Waals surface area contributed by atoms with E-state index in [1.165, 1.54) is 6.07 Å². The predicted octanol–water partition coefficient (Wildman–Crippen LogP) is 4.81. The van der Waals surface area contributed by atoms with Crippen LogP contribution in [-0.2, 0) is 14.8 Å². The lowest BCUT2D eigenvalue weighted by molar-refractivity contribution is -0.122. The van der Waals surface area contributed by atoms with Gasteiger partial charge in [0.15, 0.2) is 0 Å². The number of hydrogen-bond acceptors (Lipinski definition) is 4. The maximum absolute atomic E-state index is 13.1. The molecule has 6 nitrogen and oxygen atoms in total. The highest BCUT2D eigenvalue weighted by Gasteiger charge is 2.30. The highest BCUT2D eigenvalue weighted by molar-refractivity contribution is 7.92. The van der Waals surface area contributed by atoms with E-state index in [4.69, 9.17) is 16.3 Å². The quantitative estimate of drug-likeness (QED) is 0.605. The summed E-state index contributed by atoms with van der Waals surface area (Å²) in [7, 11) is -2.08. The maximum Gasteiger partial charge on any atom is 0.244 e. The van der Waals surface area contributed by atoms with Gasteiger partial charge in [-0.25, -0.2) is 8.42 Å². The first-order valence-electron chi connectivity index (χ1n) is 10.1. The number of amides is 1. The topological polar surface area (TPSA) is 75.7 Å². The van der Waals surface area contributed by atoms with Crippen LogP contribution in [0.2, 0.25) is 5.02 Å². The highest BCUT2D eigenvalue weighted by Crippen LogP contribution is 2.32. The molecule has 0 saturated heterocycles. The van der Waals surface area contributed by atoms with Crippen LogP contribution >= 0.6 is 11.6 Å². The van der Waals surface area contributed by atoms with Crippen LogP contribution in [0.5, 0.6) is 5.75 Å². The molecule has 0 heterocycles. The second kappa shape index (κ2) is 9.92. The molecule has 0 unspecified atom stereocenters. The van der Waals surface area contributed by atoms with E-state index < -0.39 is 22.0 Å². The van der Waals surface area contributed by atoms with Gasteiger partial charge in [0.1, 0.15) is 11.8 Å². The lowest BCUT2D eigenvalue weighted by atomic mass is 9.93. The fourth-order valence-electron chi connectivity index (χ4n) is 3.64. The average Bonchev–Trinajstić information content (AvgIpc) is 2.66. The lowest BCUT2D eigenvalue weighted by Crippen LogP contribution is -2.48. The molecule has 31 heavy (non-hydrogen) atoms. The summed E-state index contributed by atoms with van der Waals surface area (Å²) >= 11 is 6.04. The van der Waals surface area contributed by atoms with Gasteiger partial charge in [0, 0.05) is 5.02 Å². The van der Waals surface area contributed by atoms with Crippen LogP contribution < -0.4 is 14.4 Å². The first-order valence-corrected chi connectivity index (χ1v) is 12.3. The second-order valence-corrected chi connectivity index (χ2v) is 10.3. The summed E-state index contributed by atoms with van der Waals surface area (Å²) < 4.78 is 31.5. The predicted molar refractivity (Wildman–Crippen MR) is 127 cm³/mol. The third-order valence-corrected chi connectivity index (χ3v) is 6.69. The third kappa shape index (κ3) is 5.92. The second-order valence-electron chi connectivity index (χ2n) is 8.05. The molecule has 1 amide bonds. The number of halogens is 1. The fraction of sp³-hybridized carbons (Fsp3) is 0.435. The summed E-state index contributed by atoms with van der Waals surface area (Å²) in [5, 5.41) is 3.35. The van der Waals surface area contributed by atoms with Crippen molar-refractivity contribution in [1.82, 2.24) is 5.32 Å². The van der Waals surface area contributed by atoms with E-state index >= 15 is 0 Å². The summed E-state index contributed by atoms with van der Waals surface area (Å²) in [4.78, 5) is 13.1. The van der Waals surface area contributed by atoms with Crippen molar-refractivity contribution in [3.63, 3.8) is 0 Å². The Morgan fingerprint density at radius 3 is 2.26 bits per heavy atom. The molecular weight excluding hydrogens is 436 g/mol. The Bertz CT molecular complexity index is 1050. The number of nitrogens with one attached hydrogen (secondary N) is 1. The first-order chi connectivity index (χ1) is 14.4. The van der Waals surface area contributed by atoms with Crippen molar-refractivity contribution < 1.29 is 17.9 Å². The number of carbonyl (C=O) groups excluding carboxylic acids is 1. The zero-order chi connectivity index (χ0) is 23.5. The van der Waals surface area contributed by atoms with Gasteiger partial charge in [-0.3, -0.25) is 9.10 Å². The minimum Gasteiger partial charge on any atom is -0.496 e. The van der Waals surface area contributed by atoms with Gasteiger partial charge in [-0.2, -0.15) is 0 Å². The smallest absolute Gasteiger partial charge is 0.244 e. The average molecular weight is 467 g/mol. The van der Waals surface area contributed by atoms with Crippen LogP contribution in [0.25, 0.3) is 0 Å². The Morgan fingerprint density at radius 1 is 1.10 bits per heavy atom. The van der Waals surface area contributed by atoms with Gasteiger partial charge < -0.3 is 10.1 Å². The van der Waals surface area contributed by atoms with E-state index in [2.05, 4.69) is 19.2 Å². The largest absolute Gasteiger partial charge is 0.496 e. The summed E-state index contributed by atoms with van der Waals surface area (Å²) in [5.41, 5.74) is 3.33. The van der Waals surface area contributed by atoms with Gasteiger partial charge in [-0.15, -0.1) is 0 Å². The minimum absolute atomic E-state index is 0.250. The molecular formula is C23H31ClN2O4S. The van der Waals surface area contributed by atoms with Crippen LogP contribution in [0.15, 0.2) is 36.4 Å². The van der Waals surface area contributed by atoms with Crippen LogP contribution in [0.1, 0.15) is 56.3 Å². The molecule has 0 aromatic heterocycles. The van der Waals surface area contributed by atoms with Crippen molar-refractivity contribution in [3.05, 3.63) is 58.1 Å². The third-order valence-electron chi connectivity index (χ3n) is 5.22. The summed E-state index contributed by atoms with van der Waals surface area (Å²) in [5.74, 6) is 0.659. The van der Waals surface area contributed by atoms with Gasteiger partial charge >= 0.3 is 0 Å². The van der Waals surface area contributed by atoms with Crippen molar-refractivity contribution in [2.75, 3.05) is 17.7 Å². The number of benzene rings is 2. The van der Waals surface area contributed by atoms with Crippen molar-refractivity contribution in [2.45, 2.75) is 52.6 Å². The molecule has 0 aliphatic carbocycles. The molecule has 0 fully saturated rings. The fourth-order valence-corrected chi connectivity index (χ4v) is 5.00. The highest BCUT2D eigenvalue weighted by atomic mass is 35.5. The molecule has 0 radical (unpaired) electrons. The monoisotopic (exact) mass is 466 g/mol. The van der Waals surface area contributed by atoms with Gasteiger partial charge in [0.2, 0.25) is 15.9 Å². The van der Waals surface area contributed by atoms with Crippen molar-refractivity contribution in [1.29, 1.82) is 0 Å². The van der Waals surface area contributed by atoms with Crippen LogP contribution in [-0.4, -0.2) is 33.7 Å². The molecule has 1 N–H and O–H groups in total. The van der Waals surface area contributed by atoms with Crippen molar-refractivity contribution in [3.8, 4) is 5.75 Å². The Kier molecular flexibility index (Phi) is 8.00. The zero-order valence-corrected chi connectivity index (χ0v) is 20.6. The number of sulfonamides is 1. The van der Waals surface area contributed by atoms with Crippen LogP contribution in [0.3, 0.4) is 0 Å². The minimum atomic E-state index is -3.72. The van der Waals surface area contributed by atoms with E-state index in [9.17, 15) is 13.2 Å². The van der Waals surface area contributed by atoms with E-state index in [0.717, 1.165) is 33.0 Å². The van der Waals surface area contributed by atoms with Gasteiger partial charge in [0.05, 0.1) is 25.1 Å². The molecule has 2 aromatic carbocycles. The summed E-state index contributed by atoms with van der Waals surface area (Å²) in [6.07, 6.45) is 1.07. The standard InChI is InChI=1S/C23H31ClN2O4S/c1-14(2)20-13-21(15(3)11-22(20)30-6)16(4)25-23(27)17(5)26(31(7,28)29)19-10-8-9-18(24)12-19/h8-14,16-17H,1-7H3,(H,25,27)/t16-,17-/m0/s1. The van der Waals surface area contributed by atoms with E-state index in [1.54, 1.807) is 32.2 Å². The molecule has 0 saturated carbocycles. The number of hydrogen-bond donors (Lipinski definition) is 1. The number of carbonyl (C=O) groups is 1. The van der Waals surface area contributed by atoms with Crippen molar-refractivity contribution >= 4 is 33.2 Å². The zero-order valence-electron chi connectivity index (χ0n) is 19.1. The number of ether oxygens (including phenoxy) is 1. The van der Waals surface area contributed by atoms with Crippen LogP contribution in [0.4, 0.5) is 5.69 Å². The molecule has 0 aliphatic heterocycles. The number of methoxy groups -OCH3 is 1. The Hall–Kier alpha value is -2.25. The number of rotatable bonds is 8. The SMILES string of the molecule is COc1cc(C)c([C@H](C)NC(=O)[C@H](C)N(c2cccc(Cl)c2)S(C)(=O)=O)cc1C(C)C. The molecule has 170 valence electrons. The van der Waals surface area contributed by atoms with Gasteiger partial charge in [0.25, 0.3) is 0 Å². The summed E-state index contributed by atoms with van der Waals surface area (Å²) in [6, 6.07) is 9.17. The van der Waals surface area contributed by atoms with E-state index in [-0.39, 0.29) is 12.0 Å².